The third kappa shape index (κ3) is 8.34. The average molecular weight is 376 g/mol. The number of aromatic carboxylic acids is 1. The Kier molecular flexibility index (Phi) is 7.86. The maximum atomic E-state index is 11.6. The monoisotopic (exact) mass is 376 g/mol. The zero-order valence-electron chi connectivity index (χ0n) is 15.1. The van der Waals surface area contributed by atoms with Crippen LogP contribution in [0.1, 0.15) is 20.7 Å². The van der Waals surface area contributed by atoms with E-state index < -0.39 is 14.0 Å². The first-order valence-electron chi connectivity index (χ1n) is 8.07. The maximum absolute atomic E-state index is 11.6. The number of carboxylic acid groups (broad SMARTS) is 1. The molecule has 0 atom stereocenters. The number of rotatable bonds is 5. The van der Waals surface area contributed by atoms with Gasteiger partial charge in [-0.1, -0.05) is 19.6 Å². The number of hydrogen-bond acceptors (Lipinski definition) is 5. The van der Waals surface area contributed by atoms with Gasteiger partial charge in [0.1, 0.15) is 11.5 Å². The van der Waals surface area contributed by atoms with Crippen molar-refractivity contribution in [3.05, 3.63) is 59.7 Å². The molecule has 0 aliphatic carbocycles. The van der Waals surface area contributed by atoms with Crippen molar-refractivity contribution < 1.29 is 29.6 Å². The van der Waals surface area contributed by atoms with Crippen LogP contribution in [0.25, 0.3) is 0 Å². The minimum atomic E-state index is -1.15. The van der Waals surface area contributed by atoms with Crippen LogP contribution in [0.3, 0.4) is 0 Å². The number of carboxylic acids is 1. The molecule has 0 aliphatic heterocycles. The second-order valence-electron chi connectivity index (χ2n) is 6.85. The van der Waals surface area contributed by atoms with Gasteiger partial charge in [-0.2, -0.15) is 0 Å². The highest BCUT2D eigenvalue weighted by molar-refractivity contribution is 6.76. The zero-order valence-corrected chi connectivity index (χ0v) is 16.1. The Labute approximate surface area is 153 Å². The lowest BCUT2D eigenvalue weighted by molar-refractivity contribution is 0.0524. The first-order valence-corrected chi connectivity index (χ1v) is 11.8. The third-order valence-electron chi connectivity index (χ3n) is 3.30. The molecule has 140 valence electrons. The Balaban J connectivity index is 0.000000289. The van der Waals surface area contributed by atoms with E-state index >= 15 is 0 Å². The van der Waals surface area contributed by atoms with Crippen LogP contribution in [0.4, 0.5) is 0 Å². The lowest BCUT2D eigenvalue weighted by atomic mass is 10.2. The number of aromatic hydroxyl groups is 2. The molecule has 0 spiro atoms. The van der Waals surface area contributed by atoms with E-state index in [1.54, 1.807) is 12.1 Å². The summed E-state index contributed by atoms with van der Waals surface area (Å²) in [5.74, 6) is -1.08. The molecule has 0 saturated heterocycles. The fourth-order valence-electron chi connectivity index (χ4n) is 1.73. The van der Waals surface area contributed by atoms with Gasteiger partial charge in [0.25, 0.3) is 0 Å². The molecule has 0 heterocycles. The van der Waals surface area contributed by atoms with Gasteiger partial charge < -0.3 is 20.1 Å². The fraction of sp³-hybridized carbons (Fsp3) is 0.263. The SMILES string of the molecule is C[Si](C)(C)CCOC(=O)c1ccc(O)cc1.O=C(O)c1ccc(O)cc1. The third-order valence-corrected chi connectivity index (χ3v) is 5.01. The average Bonchev–Trinajstić information content (AvgIpc) is 2.55. The Morgan fingerprint density at radius 2 is 1.27 bits per heavy atom. The number of carbonyl (C=O) groups excluding carboxylic acids is 1. The van der Waals surface area contributed by atoms with E-state index in [1.165, 1.54) is 36.4 Å². The summed E-state index contributed by atoms with van der Waals surface area (Å²) >= 11 is 0. The van der Waals surface area contributed by atoms with Crippen LogP contribution >= 0.6 is 0 Å². The number of phenols is 2. The smallest absolute Gasteiger partial charge is 0.338 e. The predicted molar refractivity (Wildman–Crippen MR) is 102 cm³/mol. The minimum absolute atomic E-state index is 0.0741. The molecular formula is C19H24O6Si. The summed E-state index contributed by atoms with van der Waals surface area (Å²) in [6, 6.07) is 12.4. The van der Waals surface area contributed by atoms with Gasteiger partial charge in [0, 0.05) is 8.07 Å². The molecule has 6 nitrogen and oxygen atoms in total. The molecule has 0 radical (unpaired) electrons. The highest BCUT2D eigenvalue weighted by Crippen LogP contribution is 2.12. The number of esters is 1. The lowest BCUT2D eigenvalue weighted by Gasteiger charge is -2.15. The van der Waals surface area contributed by atoms with Gasteiger partial charge in [0.15, 0.2) is 0 Å². The highest BCUT2D eigenvalue weighted by Gasteiger charge is 2.14. The van der Waals surface area contributed by atoms with Crippen LogP contribution < -0.4 is 0 Å². The van der Waals surface area contributed by atoms with E-state index in [-0.39, 0.29) is 23.0 Å². The van der Waals surface area contributed by atoms with Crippen molar-refractivity contribution in [3.63, 3.8) is 0 Å². The predicted octanol–water partition coefficient (Wildman–Crippen LogP) is 3.98. The van der Waals surface area contributed by atoms with Crippen molar-refractivity contribution in [2.24, 2.45) is 0 Å². The number of benzene rings is 2. The van der Waals surface area contributed by atoms with E-state index in [2.05, 4.69) is 19.6 Å². The van der Waals surface area contributed by atoms with E-state index in [9.17, 15) is 9.59 Å². The molecule has 2 rings (SSSR count). The molecule has 2 aromatic carbocycles. The van der Waals surface area contributed by atoms with Crippen molar-refractivity contribution in [3.8, 4) is 11.5 Å². The Bertz CT molecular complexity index is 717. The molecule has 7 heteroatoms. The van der Waals surface area contributed by atoms with Crippen molar-refractivity contribution in [1.82, 2.24) is 0 Å². The summed E-state index contributed by atoms with van der Waals surface area (Å²) in [6.45, 7) is 7.19. The maximum Gasteiger partial charge on any atom is 0.338 e. The first-order chi connectivity index (χ1) is 12.1. The van der Waals surface area contributed by atoms with Gasteiger partial charge in [-0.3, -0.25) is 0 Å². The van der Waals surface area contributed by atoms with Crippen molar-refractivity contribution >= 4 is 20.0 Å². The first kappa shape index (κ1) is 21.2. The normalized spacial score (nSPS) is 10.4. The van der Waals surface area contributed by atoms with Gasteiger partial charge in [-0.15, -0.1) is 0 Å². The molecule has 0 aliphatic rings. The standard InChI is InChI=1S/C12H18O3Si.C7H6O3/c1-16(2,3)9-8-15-12(14)10-4-6-11(13)7-5-10;8-6-3-1-5(2-4-6)7(9)10/h4-7,13H,8-9H2,1-3H3;1-4,8H,(H,9,10). The zero-order chi connectivity index (χ0) is 19.7. The largest absolute Gasteiger partial charge is 0.508 e. The number of ether oxygens (including phenoxy) is 1. The summed E-state index contributed by atoms with van der Waals surface area (Å²) in [6.07, 6.45) is 0. The molecule has 0 bridgehead atoms. The number of carbonyl (C=O) groups is 2. The van der Waals surface area contributed by atoms with Crippen LogP contribution in [0.2, 0.25) is 25.7 Å². The topological polar surface area (TPSA) is 104 Å². The molecule has 0 saturated carbocycles. The molecule has 0 unspecified atom stereocenters. The highest BCUT2D eigenvalue weighted by atomic mass is 28.3. The summed E-state index contributed by atoms with van der Waals surface area (Å²) in [4.78, 5) is 21.8. The van der Waals surface area contributed by atoms with Crippen molar-refractivity contribution in [2.75, 3.05) is 6.61 Å². The summed E-state index contributed by atoms with van der Waals surface area (Å²) < 4.78 is 5.16. The van der Waals surface area contributed by atoms with Crippen molar-refractivity contribution in [1.29, 1.82) is 0 Å². The fourth-order valence-corrected chi connectivity index (χ4v) is 2.45. The molecular weight excluding hydrogens is 352 g/mol. The van der Waals surface area contributed by atoms with E-state index in [4.69, 9.17) is 20.1 Å². The van der Waals surface area contributed by atoms with E-state index in [1.807, 2.05) is 0 Å². The summed E-state index contributed by atoms with van der Waals surface area (Å²) in [5.41, 5.74) is 0.658. The van der Waals surface area contributed by atoms with Gasteiger partial charge in [-0.05, 0) is 54.6 Å². The van der Waals surface area contributed by atoms with Crippen LogP contribution in [0.15, 0.2) is 48.5 Å². The van der Waals surface area contributed by atoms with Gasteiger partial charge in [-0.25, -0.2) is 9.59 Å². The van der Waals surface area contributed by atoms with Crippen LogP contribution in [0.5, 0.6) is 11.5 Å². The van der Waals surface area contributed by atoms with E-state index in [0.29, 0.717) is 12.2 Å². The van der Waals surface area contributed by atoms with E-state index in [0.717, 1.165) is 6.04 Å². The second kappa shape index (κ2) is 9.62. The summed E-state index contributed by atoms with van der Waals surface area (Å²) in [7, 11) is -1.15. The molecule has 26 heavy (non-hydrogen) atoms. The quantitative estimate of drug-likeness (QED) is 0.539. The molecule has 0 fully saturated rings. The van der Waals surface area contributed by atoms with Gasteiger partial charge >= 0.3 is 11.9 Å². The minimum Gasteiger partial charge on any atom is -0.508 e. The summed E-state index contributed by atoms with van der Waals surface area (Å²) in [5, 5.41) is 26.2. The van der Waals surface area contributed by atoms with Crippen LogP contribution in [0, 0.1) is 0 Å². The Morgan fingerprint density at radius 1 is 0.846 bits per heavy atom. The van der Waals surface area contributed by atoms with Gasteiger partial charge in [0.2, 0.25) is 0 Å². The Morgan fingerprint density at radius 3 is 1.65 bits per heavy atom. The molecule has 2 aromatic rings. The van der Waals surface area contributed by atoms with Crippen LogP contribution in [-0.4, -0.2) is 41.9 Å². The van der Waals surface area contributed by atoms with Gasteiger partial charge in [0.05, 0.1) is 17.7 Å². The Hall–Kier alpha value is -2.80. The second-order valence-corrected chi connectivity index (χ2v) is 12.5. The number of hydrogen-bond donors (Lipinski definition) is 3. The molecule has 0 amide bonds. The lowest BCUT2D eigenvalue weighted by Crippen LogP contribution is -2.22. The molecule has 3 N–H and O–H groups in total. The van der Waals surface area contributed by atoms with Crippen molar-refractivity contribution in [2.45, 2.75) is 25.7 Å². The molecule has 0 aromatic heterocycles. The van der Waals surface area contributed by atoms with Crippen LogP contribution in [-0.2, 0) is 4.74 Å². The number of phenolic OH excluding ortho intramolecular Hbond substituents is 2.